The number of aromatic hydroxyl groups is 1. The van der Waals surface area contributed by atoms with Crippen LogP contribution in [-0.2, 0) is 17.4 Å². The summed E-state index contributed by atoms with van der Waals surface area (Å²) in [5.41, 5.74) is 3.88. The first-order chi connectivity index (χ1) is 11.0. The van der Waals surface area contributed by atoms with Crippen molar-refractivity contribution in [2.45, 2.75) is 58.9 Å². The average Bonchev–Trinajstić information content (AvgIpc) is 2.45. The van der Waals surface area contributed by atoms with Gasteiger partial charge in [-0.15, -0.1) is 0 Å². The third-order valence-corrected chi connectivity index (χ3v) is 4.39. The summed E-state index contributed by atoms with van der Waals surface area (Å²) in [6, 6.07) is 11.9. The van der Waals surface area contributed by atoms with Crippen molar-refractivity contribution in [2.24, 2.45) is 0 Å². The van der Waals surface area contributed by atoms with E-state index in [0.717, 1.165) is 28.4 Å². The first-order valence-corrected chi connectivity index (χ1v) is 8.72. The van der Waals surface area contributed by atoms with Crippen LogP contribution in [0.15, 0.2) is 36.4 Å². The fourth-order valence-electron chi connectivity index (χ4n) is 2.69. The lowest BCUT2D eigenvalue weighted by molar-refractivity contribution is 0.423. The predicted octanol–water partition coefficient (Wildman–Crippen LogP) is 6.25. The van der Waals surface area contributed by atoms with E-state index in [1.807, 2.05) is 24.3 Å². The molecule has 130 valence electrons. The smallest absolute Gasteiger partial charge is 0.123 e. The molecule has 2 rings (SSSR count). The second kappa shape index (κ2) is 6.68. The second-order valence-electron chi connectivity index (χ2n) is 8.40. The zero-order valence-electron chi connectivity index (χ0n) is 15.5. The average molecular weight is 346 g/mol. The van der Waals surface area contributed by atoms with E-state index >= 15 is 0 Å². The Labute approximate surface area is 150 Å². The zero-order chi connectivity index (χ0) is 18.1. The number of hydrogen-bond donors (Lipinski definition) is 2. The lowest BCUT2D eigenvalue weighted by atomic mass is 9.79. The standard InChI is InChI=1S/C21H28ClNO/c1-20(2,3)17-11-16(12-18(19(17)24)21(4,5)6)23-13-14-7-9-15(22)10-8-14/h7-12,23-24H,13H2,1-6H3. The normalized spacial score (nSPS) is 12.3. The Hall–Kier alpha value is -1.67. The van der Waals surface area contributed by atoms with Crippen molar-refractivity contribution in [1.82, 2.24) is 0 Å². The first-order valence-electron chi connectivity index (χ1n) is 8.35. The second-order valence-corrected chi connectivity index (χ2v) is 8.84. The summed E-state index contributed by atoms with van der Waals surface area (Å²) in [6.07, 6.45) is 0. The van der Waals surface area contributed by atoms with Crippen LogP contribution in [0.3, 0.4) is 0 Å². The van der Waals surface area contributed by atoms with E-state index in [1.54, 1.807) is 0 Å². The number of nitrogens with one attached hydrogen (secondary N) is 1. The van der Waals surface area contributed by atoms with Gasteiger partial charge in [0.25, 0.3) is 0 Å². The van der Waals surface area contributed by atoms with Gasteiger partial charge < -0.3 is 10.4 Å². The monoisotopic (exact) mass is 345 g/mol. The molecule has 0 bridgehead atoms. The van der Waals surface area contributed by atoms with Crippen molar-refractivity contribution < 1.29 is 5.11 Å². The Kier molecular flexibility index (Phi) is 5.19. The lowest BCUT2D eigenvalue weighted by Crippen LogP contribution is -2.18. The van der Waals surface area contributed by atoms with Gasteiger partial charge in [-0.05, 0) is 40.7 Å². The van der Waals surface area contributed by atoms with Crippen LogP contribution in [0.25, 0.3) is 0 Å². The molecule has 3 heteroatoms. The molecule has 0 aliphatic heterocycles. The van der Waals surface area contributed by atoms with E-state index < -0.39 is 0 Å². The van der Waals surface area contributed by atoms with E-state index in [1.165, 1.54) is 5.56 Å². The van der Waals surface area contributed by atoms with E-state index in [2.05, 4.69) is 59.0 Å². The molecule has 0 aliphatic rings. The Bertz CT molecular complexity index is 671. The van der Waals surface area contributed by atoms with Gasteiger partial charge in [-0.2, -0.15) is 0 Å². The number of phenols is 1. The van der Waals surface area contributed by atoms with E-state index in [-0.39, 0.29) is 10.8 Å². The summed E-state index contributed by atoms with van der Waals surface area (Å²) in [6.45, 7) is 13.5. The highest BCUT2D eigenvalue weighted by atomic mass is 35.5. The quantitative estimate of drug-likeness (QED) is 0.644. The van der Waals surface area contributed by atoms with Gasteiger partial charge in [-0.3, -0.25) is 0 Å². The topological polar surface area (TPSA) is 32.3 Å². The highest BCUT2D eigenvalue weighted by Gasteiger charge is 2.26. The molecule has 2 nitrogen and oxygen atoms in total. The molecule has 0 aromatic heterocycles. The number of benzene rings is 2. The van der Waals surface area contributed by atoms with Crippen molar-refractivity contribution in [3.63, 3.8) is 0 Å². The molecule has 0 heterocycles. The fourth-order valence-corrected chi connectivity index (χ4v) is 2.81. The summed E-state index contributed by atoms with van der Waals surface area (Å²) in [7, 11) is 0. The number of hydrogen-bond acceptors (Lipinski definition) is 2. The molecule has 0 saturated heterocycles. The van der Waals surface area contributed by atoms with Gasteiger partial charge >= 0.3 is 0 Å². The Morgan fingerprint density at radius 2 is 1.33 bits per heavy atom. The molecule has 0 aliphatic carbocycles. The van der Waals surface area contributed by atoms with Crippen molar-refractivity contribution >= 4 is 17.3 Å². The molecule has 2 aromatic rings. The molecule has 2 N–H and O–H groups in total. The highest BCUT2D eigenvalue weighted by molar-refractivity contribution is 6.30. The fraction of sp³-hybridized carbons (Fsp3) is 0.429. The van der Waals surface area contributed by atoms with Crippen LogP contribution in [0.4, 0.5) is 5.69 Å². The maximum absolute atomic E-state index is 10.8. The van der Waals surface area contributed by atoms with Gasteiger partial charge in [0.05, 0.1) is 0 Å². The van der Waals surface area contributed by atoms with Gasteiger partial charge in [-0.25, -0.2) is 0 Å². The van der Waals surface area contributed by atoms with Gasteiger partial charge in [0, 0.05) is 28.4 Å². The molecule has 0 saturated carbocycles. The minimum absolute atomic E-state index is 0.123. The number of anilines is 1. The van der Waals surface area contributed by atoms with Crippen LogP contribution < -0.4 is 5.32 Å². The van der Waals surface area contributed by atoms with Crippen LogP contribution in [0.2, 0.25) is 5.02 Å². The third-order valence-electron chi connectivity index (χ3n) is 4.14. The van der Waals surface area contributed by atoms with Gasteiger partial charge in [0.15, 0.2) is 0 Å². The van der Waals surface area contributed by atoms with Crippen molar-refractivity contribution in [1.29, 1.82) is 0 Å². The summed E-state index contributed by atoms with van der Waals surface area (Å²) < 4.78 is 0. The molecular weight excluding hydrogens is 318 g/mol. The zero-order valence-corrected chi connectivity index (χ0v) is 16.3. The summed E-state index contributed by atoms with van der Waals surface area (Å²) in [4.78, 5) is 0. The molecule has 24 heavy (non-hydrogen) atoms. The minimum atomic E-state index is -0.123. The maximum Gasteiger partial charge on any atom is 0.123 e. The first kappa shape index (κ1) is 18.7. The molecule has 0 fully saturated rings. The molecule has 0 spiro atoms. The van der Waals surface area contributed by atoms with Gasteiger partial charge in [0.1, 0.15) is 5.75 Å². The van der Waals surface area contributed by atoms with Crippen molar-refractivity contribution in [3.8, 4) is 5.75 Å². The van der Waals surface area contributed by atoms with E-state index in [4.69, 9.17) is 11.6 Å². The van der Waals surface area contributed by atoms with Crippen molar-refractivity contribution in [2.75, 3.05) is 5.32 Å². The highest BCUT2D eigenvalue weighted by Crippen LogP contribution is 2.41. The number of phenolic OH excluding ortho intramolecular Hbond substituents is 1. The predicted molar refractivity (Wildman–Crippen MR) is 104 cm³/mol. The lowest BCUT2D eigenvalue weighted by Gasteiger charge is -2.28. The summed E-state index contributed by atoms with van der Waals surface area (Å²) in [5.74, 6) is 0.409. The molecule has 0 amide bonds. The number of rotatable bonds is 3. The Morgan fingerprint density at radius 1 is 0.875 bits per heavy atom. The maximum atomic E-state index is 10.8. The molecular formula is C21H28ClNO. The van der Waals surface area contributed by atoms with E-state index in [9.17, 15) is 5.11 Å². The Morgan fingerprint density at radius 3 is 1.75 bits per heavy atom. The number of halogens is 1. The molecule has 2 aromatic carbocycles. The van der Waals surface area contributed by atoms with Crippen LogP contribution >= 0.6 is 11.6 Å². The van der Waals surface area contributed by atoms with E-state index in [0.29, 0.717) is 5.75 Å². The van der Waals surface area contributed by atoms with Crippen LogP contribution in [-0.4, -0.2) is 5.11 Å². The molecule has 0 radical (unpaired) electrons. The molecule has 0 unspecified atom stereocenters. The largest absolute Gasteiger partial charge is 0.507 e. The van der Waals surface area contributed by atoms with Crippen molar-refractivity contribution in [3.05, 3.63) is 58.1 Å². The molecule has 0 atom stereocenters. The van der Waals surface area contributed by atoms with Gasteiger partial charge in [-0.1, -0.05) is 65.3 Å². The van der Waals surface area contributed by atoms with Crippen LogP contribution in [0.1, 0.15) is 58.2 Å². The summed E-state index contributed by atoms with van der Waals surface area (Å²) >= 11 is 5.94. The Balaban J connectivity index is 2.37. The SMILES string of the molecule is CC(C)(C)c1cc(NCc2ccc(Cl)cc2)cc(C(C)(C)C)c1O. The minimum Gasteiger partial charge on any atom is -0.507 e. The van der Waals surface area contributed by atoms with Crippen LogP contribution in [0.5, 0.6) is 5.75 Å². The van der Waals surface area contributed by atoms with Crippen LogP contribution in [0, 0.1) is 0 Å². The summed E-state index contributed by atoms with van der Waals surface area (Å²) in [5, 5.41) is 15.0. The third kappa shape index (κ3) is 4.45. The van der Waals surface area contributed by atoms with Gasteiger partial charge in [0.2, 0.25) is 0 Å².